The van der Waals surface area contributed by atoms with Gasteiger partial charge >= 0.3 is 0 Å². The van der Waals surface area contributed by atoms with E-state index in [0.29, 0.717) is 11.7 Å². The normalized spacial score (nSPS) is 11.9. The van der Waals surface area contributed by atoms with E-state index < -0.39 is 0 Å². The van der Waals surface area contributed by atoms with E-state index in [0.717, 1.165) is 28.4 Å². The third-order valence-corrected chi connectivity index (χ3v) is 5.29. The van der Waals surface area contributed by atoms with Gasteiger partial charge < -0.3 is 14.6 Å². The Morgan fingerprint density at radius 3 is 2.48 bits per heavy atom. The molecule has 0 saturated carbocycles. The zero-order chi connectivity index (χ0) is 20.8. The van der Waals surface area contributed by atoms with Crippen molar-refractivity contribution in [2.75, 3.05) is 11.1 Å². The second-order valence-corrected chi connectivity index (χ2v) is 7.81. The highest BCUT2D eigenvalue weighted by atomic mass is 32.2. The predicted molar refractivity (Wildman–Crippen MR) is 116 cm³/mol. The zero-order valence-electron chi connectivity index (χ0n) is 17.2. The number of nitrogens with zero attached hydrogens (tertiary/aromatic N) is 3. The van der Waals surface area contributed by atoms with Gasteiger partial charge in [0.05, 0.1) is 5.75 Å². The van der Waals surface area contributed by atoms with Crippen LogP contribution >= 0.6 is 11.8 Å². The summed E-state index contributed by atoms with van der Waals surface area (Å²) < 4.78 is 7.96. The number of benzene rings is 2. The molecule has 3 aromatic rings. The van der Waals surface area contributed by atoms with Crippen LogP contribution in [0, 0.1) is 13.8 Å². The van der Waals surface area contributed by atoms with Crippen LogP contribution in [-0.4, -0.2) is 26.4 Å². The lowest BCUT2D eigenvalue weighted by molar-refractivity contribution is -0.113. The molecule has 0 fully saturated rings. The first-order chi connectivity index (χ1) is 14.0. The lowest BCUT2D eigenvalue weighted by atomic mass is 10.1. The van der Waals surface area contributed by atoms with E-state index in [2.05, 4.69) is 21.6 Å². The molecule has 0 saturated heterocycles. The summed E-state index contributed by atoms with van der Waals surface area (Å²) in [5, 5.41) is 12.2. The number of anilines is 1. The molecule has 0 spiro atoms. The van der Waals surface area contributed by atoms with Gasteiger partial charge in [0.1, 0.15) is 5.75 Å². The molecule has 0 aliphatic carbocycles. The molecule has 0 unspecified atom stereocenters. The summed E-state index contributed by atoms with van der Waals surface area (Å²) in [5.41, 5.74) is 3.06. The molecule has 0 bridgehead atoms. The highest BCUT2D eigenvalue weighted by Crippen LogP contribution is 2.24. The summed E-state index contributed by atoms with van der Waals surface area (Å²) in [5.74, 6) is 1.72. The van der Waals surface area contributed by atoms with Gasteiger partial charge in [0.2, 0.25) is 5.91 Å². The number of aromatic nitrogens is 3. The van der Waals surface area contributed by atoms with Crippen LogP contribution in [0.3, 0.4) is 0 Å². The van der Waals surface area contributed by atoms with E-state index in [4.69, 9.17) is 4.74 Å². The molecule has 29 heavy (non-hydrogen) atoms. The Morgan fingerprint density at radius 2 is 1.83 bits per heavy atom. The zero-order valence-corrected chi connectivity index (χ0v) is 18.0. The highest BCUT2D eigenvalue weighted by Gasteiger charge is 2.19. The first kappa shape index (κ1) is 20.9. The second kappa shape index (κ2) is 9.60. The van der Waals surface area contributed by atoms with Gasteiger partial charge in [-0.15, -0.1) is 10.2 Å². The smallest absolute Gasteiger partial charge is 0.234 e. The predicted octanol–water partition coefficient (Wildman–Crippen LogP) is 4.79. The fraction of sp³-hybridized carbons (Fsp3) is 0.318. The Hall–Kier alpha value is -2.80. The number of amides is 1. The minimum Gasteiger partial charge on any atom is -0.483 e. The third-order valence-electron chi connectivity index (χ3n) is 4.32. The van der Waals surface area contributed by atoms with Gasteiger partial charge in [-0.25, -0.2) is 0 Å². The van der Waals surface area contributed by atoms with Crippen LogP contribution < -0.4 is 10.1 Å². The molecule has 1 atom stereocenters. The van der Waals surface area contributed by atoms with Crippen LogP contribution in [0.2, 0.25) is 0 Å². The van der Waals surface area contributed by atoms with E-state index in [9.17, 15) is 4.79 Å². The first-order valence-corrected chi connectivity index (χ1v) is 10.6. The van der Waals surface area contributed by atoms with Crippen LogP contribution in [-0.2, 0) is 11.3 Å². The molecule has 1 amide bonds. The molecule has 6 nitrogen and oxygen atoms in total. The van der Waals surface area contributed by atoms with Gasteiger partial charge in [0.15, 0.2) is 17.1 Å². The molecular formula is C22H26N4O2S. The van der Waals surface area contributed by atoms with E-state index in [-0.39, 0.29) is 17.8 Å². The molecule has 152 valence electrons. The van der Waals surface area contributed by atoms with Crippen molar-refractivity contribution in [3.05, 3.63) is 65.5 Å². The quantitative estimate of drug-likeness (QED) is 0.541. The molecule has 1 heterocycles. The van der Waals surface area contributed by atoms with Crippen LogP contribution in [0.25, 0.3) is 0 Å². The van der Waals surface area contributed by atoms with E-state index >= 15 is 0 Å². The average molecular weight is 411 g/mol. The van der Waals surface area contributed by atoms with Gasteiger partial charge in [-0.1, -0.05) is 36.0 Å². The summed E-state index contributed by atoms with van der Waals surface area (Å²) in [7, 11) is 0. The average Bonchev–Trinajstić information content (AvgIpc) is 3.09. The van der Waals surface area contributed by atoms with E-state index in [1.54, 1.807) is 0 Å². The molecule has 0 aliphatic rings. The topological polar surface area (TPSA) is 69.0 Å². The lowest BCUT2D eigenvalue weighted by Gasteiger charge is -2.15. The Morgan fingerprint density at radius 1 is 1.14 bits per heavy atom. The Bertz CT molecular complexity index is 952. The SMILES string of the molecule is CCn1c(SCC(=O)Nc2cc(C)cc(C)c2)nnc1[C@H](C)Oc1ccccc1. The summed E-state index contributed by atoms with van der Waals surface area (Å²) in [6, 6.07) is 15.6. The Kier molecular flexibility index (Phi) is 6.93. The van der Waals surface area contributed by atoms with Gasteiger partial charge in [-0.3, -0.25) is 4.79 Å². The van der Waals surface area contributed by atoms with Crippen molar-refractivity contribution in [1.29, 1.82) is 0 Å². The van der Waals surface area contributed by atoms with Crippen molar-refractivity contribution in [2.45, 2.75) is 45.5 Å². The fourth-order valence-corrected chi connectivity index (χ4v) is 3.94. The second-order valence-electron chi connectivity index (χ2n) is 6.87. The van der Waals surface area contributed by atoms with E-state index in [1.807, 2.05) is 74.7 Å². The molecule has 2 aromatic carbocycles. The molecule has 1 aromatic heterocycles. The molecule has 7 heteroatoms. The third kappa shape index (κ3) is 5.60. The van der Waals surface area contributed by atoms with Crippen molar-refractivity contribution in [3.8, 4) is 5.75 Å². The minimum absolute atomic E-state index is 0.0687. The molecule has 0 aliphatic heterocycles. The number of carbonyl (C=O) groups excluding carboxylic acids is 1. The number of nitrogens with one attached hydrogen (secondary N) is 1. The number of rotatable bonds is 8. The molecule has 0 radical (unpaired) electrons. The van der Waals surface area contributed by atoms with Gasteiger partial charge in [-0.05, 0) is 63.1 Å². The highest BCUT2D eigenvalue weighted by molar-refractivity contribution is 7.99. The number of carbonyl (C=O) groups is 1. The summed E-state index contributed by atoms with van der Waals surface area (Å²) >= 11 is 1.37. The lowest BCUT2D eigenvalue weighted by Crippen LogP contribution is -2.15. The monoisotopic (exact) mass is 410 g/mol. The van der Waals surface area contributed by atoms with E-state index in [1.165, 1.54) is 11.8 Å². The van der Waals surface area contributed by atoms with Crippen LogP contribution in [0.4, 0.5) is 5.69 Å². The van der Waals surface area contributed by atoms with Gasteiger partial charge in [0.25, 0.3) is 0 Å². The van der Waals surface area contributed by atoms with Crippen molar-refractivity contribution >= 4 is 23.4 Å². The fourth-order valence-electron chi connectivity index (χ4n) is 3.13. The maximum atomic E-state index is 12.4. The van der Waals surface area contributed by atoms with Crippen LogP contribution in [0.1, 0.15) is 36.9 Å². The van der Waals surface area contributed by atoms with Crippen molar-refractivity contribution in [3.63, 3.8) is 0 Å². The molecular weight excluding hydrogens is 384 g/mol. The Labute approximate surface area is 175 Å². The van der Waals surface area contributed by atoms with Crippen molar-refractivity contribution in [1.82, 2.24) is 14.8 Å². The van der Waals surface area contributed by atoms with Gasteiger partial charge in [-0.2, -0.15) is 0 Å². The summed E-state index contributed by atoms with van der Waals surface area (Å²) in [6.07, 6.45) is -0.247. The number of para-hydroxylation sites is 1. The maximum absolute atomic E-state index is 12.4. The number of thioether (sulfide) groups is 1. The summed E-state index contributed by atoms with van der Waals surface area (Å²) in [6.45, 7) is 8.71. The maximum Gasteiger partial charge on any atom is 0.234 e. The minimum atomic E-state index is -0.247. The largest absolute Gasteiger partial charge is 0.483 e. The standard InChI is InChI=1S/C22H26N4O2S/c1-5-26-21(17(4)28-19-9-7-6-8-10-19)24-25-22(26)29-14-20(27)23-18-12-15(2)11-16(3)13-18/h6-13,17H,5,14H2,1-4H3,(H,23,27)/t17-/m0/s1. The molecule has 1 N–H and O–H groups in total. The van der Waals surface area contributed by atoms with Gasteiger partial charge in [0, 0.05) is 12.2 Å². The molecule has 3 rings (SSSR count). The number of hydrogen-bond acceptors (Lipinski definition) is 5. The van der Waals surface area contributed by atoms with Crippen molar-refractivity contribution < 1.29 is 9.53 Å². The van der Waals surface area contributed by atoms with Crippen LogP contribution in [0.15, 0.2) is 53.7 Å². The Balaban J connectivity index is 1.63. The number of ether oxygens (including phenoxy) is 1. The van der Waals surface area contributed by atoms with Crippen LogP contribution in [0.5, 0.6) is 5.75 Å². The summed E-state index contributed by atoms with van der Waals surface area (Å²) in [4.78, 5) is 12.4. The number of aryl methyl sites for hydroxylation is 2. The first-order valence-electron chi connectivity index (χ1n) is 9.62. The van der Waals surface area contributed by atoms with Crippen molar-refractivity contribution in [2.24, 2.45) is 0 Å². The number of hydrogen-bond donors (Lipinski definition) is 1.